The summed E-state index contributed by atoms with van der Waals surface area (Å²) in [6, 6.07) is 20.1. The number of carbonyl (C=O) groups is 1. The normalized spacial score (nSPS) is 17.0. The fourth-order valence-electron chi connectivity index (χ4n) is 4.18. The van der Waals surface area contributed by atoms with Crippen LogP contribution < -0.4 is 19.5 Å². The van der Waals surface area contributed by atoms with Crippen molar-refractivity contribution in [1.82, 2.24) is 4.90 Å². The van der Waals surface area contributed by atoms with Gasteiger partial charge in [-0.15, -0.1) is 0 Å². The van der Waals surface area contributed by atoms with Gasteiger partial charge in [0.25, 0.3) is 5.91 Å². The van der Waals surface area contributed by atoms with E-state index in [1.54, 1.807) is 0 Å². The van der Waals surface area contributed by atoms with E-state index in [1.807, 2.05) is 42.5 Å². The summed E-state index contributed by atoms with van der Waals surface area (Å²) < 4.78 is 17.7. The molecule has 5 rings (SSSR count). The quantitative estimate of drug-likeness (QED) is 0.653. The van der Waals surface area contributed by atoms with E-state index in [9.17, 15) is 4.79 Å². The van der Waals surface area contributed by atoms with Crippen LogP contribution in [0.1, 0.15) is 12.8 Å². The molecule has 160 valence electrons. The number of hydrogen-bond acceptors (Lipinski definition) is 5. The second-order valence-electron chi connectivity index (χ2n) is 7.98. The lowest BCUT2D eigenvalue weighted by molar-refractivity contribution is -0.118. The summed E-state index contributed by atoms with van der Waals surface area (Å²) in [5, 5.41) is 5.18. The number of ether oxygens (including phenoxy) is 3. The van der Waals surface area contributed by atoms with E-state index in [4.69, 9.17) is 14.2 Å². The van der Waals surface area contributed by atoms with Crippen LogP contribution in [-0.4, -0.2) is 49.8 Å². The van der Waals surface area contributed by atoms with Crippen molar-refractivity contribution in [3.63, 3.8) is 0 Å². The minimum absolute atomic E-state index is 0.0654. The molecule has 2 aliphatic rings. The zero-order chi connectivity index (χ0) is 21.0. The fourth-order valence-corrected chi connectivity index (χ4v) is 4.18. The maximum atomic E-state index is 11.5. The summed E-state index contributed by atoms with van der Waals surface area (Å²) in [4.78, 5) is 13.9. The molecule has 1 N–H and O–H groups in total. The molecule has 6 heteroatoms. The Morgan fingerprint density at radius 1 is 1.03 bits per heavy atom. The third-order valence-corrected chi connectivity index (χ3v) is 5.84. The van der Waals surface area contributed by atoms with Crippen molar-refractivity contribution in [3.05, 3.63) is 60.7 Å². The second kappa shape index (κ2) is 8.86. The topological polar surface area (TPSA) is 60.0 Å². The number of hydrogen-bond donors (Lipinski definition) is 1. The Hall–Kier alpha value is -3.25. The number of rotatable bonds is 6. The SMILES string of the molecule is O=C1COc2ccc(OC3CCN(CCOc4cccc5ccccc45)CC3)cc2N1. The maximum absolute atomic E-state index is 11.5. The molecule has 3 aromatic carbocycles. The van der Waals surface area contributed by atoms with Crippen LogP contribution in [0.25, 0.3) is 10.8 Å². The van der Waals surface area contributed by atoms with Crippen LogP contribution in [0.2, 0.25) is 0 Å². The number of nitrogens with one attached hydrogen (secondary N) is 1. The van der Waals surface area contributed by atoms with Gasteiger partial charge in [0, 0.05) is 31.1 Å². The highest BCUT2D eigenvalue weighted by Gasteiger charge is 2.22. The van der Waals surface area contributed by atoms with Gasteiger partial charge in [-0.3, -0.25) is 9.69 Å². The van der Waals surface area contributed by atoms with E-state index in [-0.39, 0.29) is 18.6 Å². The molecule has 0 aliphatic carbocycles. The van der Waals surface area contributed by atoms with Gasteiger partial charge in [0.2, 0.25) is 0 Å². The molecule has 31 heavy (non-hydrogen) atoms. The Labute approximate surface area is 181 Å². The summed E-state index contributed by atoms with van der Waals surface area (Å²) in [5.41, 5.74) is 0.678. The van der Waals surface area contributed by atoms with Crippen molar-refractivity contribution in [2.75, 3.05) is 38.2 Å². The molecule has 0 atom stereocenters. The molecule has 1 fully saturated rings. The van der Waals surface area contributed by atoms with Gasteiger partial charge in [-0.05, 0) is 36.4 Å². The monoisotopic (exact) mass is 418 g/mol. The highest BCUT2D eigenvalue weighted by molar-refractivity contribution is 5.95. The van der Waals surface area contributed by atoms with Crippen molar-refractivity contribution in [2.45, 2.75) is 18.9 Å². The summed E-state index contributed by atoms with van der Waals surface area (Å²) in [6.45, 7) is 3.60. The summed E-state index contributed by atoms with van der Waals surface area (Å²) in [6.07, 6.45) is 2.11. The second-order valence-corrected chi connectivity index (χ2v) is 7.98. The highest BCUT2D eigenvalue weighted by atomic mass is 16.5. The van der Waals surface area contributed by atoms with Crippen molar-refractivity contribution in [3.8, 4) is 17.2 Å². The van der Waals surface area contributed by atoms with Crippen LogP contribution >= 0.6 is 0 Å². The molecular weight excluding hydrogens is 392 g/mol. The molecule has 3 aromatic rings. The number of nitrogens with zero attached hydrogens (tertiary/aromatic N) is 1. The first-order valence-corrected chi connectivity index (χ1v) is 10.8. The molecule has 0 radical (unpaired) electrons. The molecular formula is C25H26N2O4. The van der Waals surface area contributed by atoms with E-state index in [0.717, 1.165) is 49.4 Å². The first-order valence-electron chi connectivity index (χ1n) is 10.8. The lowest BCUT2D eigenvalue weighted by atomic mass is 10.1. The van der Waals surface area contributed by atoms with E-state index < -0.39 is 0 Å². The Kier molecular flexibility index (Phi) is 5.63. The number of fused-ring (bicyclic) bond motifs is 2. The number of amides is 1. The van der Waals surface area contributed by atoms with Crippen LogP contribution in [0.15, 0.2) is 60.7 Å². The summed E-state index contributed by atoms with van der Waals surface area (Å²) >= 11 is 0. The van der Waals surface area contributed by atoms with Crippen molar-refractivity contribution < 1.29 is 19.0 Å². The number of benzene rings is 3. The van der Waals surface area contributed by atoms with Gasteiger partial charge in [0.15, 0.2) is 6.61 Å². The third kappa shape index (κ3) is 4.59. The fraction of sp³-hybridized carbons (Fsp3) is 0.320. The third-order valence-electron chi connectivity index (χ3n) is 5.84. The molecule has 2 heterocycles. The minimum atomic E-state index is -0.135. The predicted octanol–water partition coefficient (Wildman–Crippen LogP) is 4.09. The van der Waals surface area contributed by atoms with Crippen LogP contribution in [0.5, 0.6) is 17.2 Å². The van der Waals surface area contributed by atoms with E-state index >= 15 is 0 Å². The van der Waals surface area contributed by atoms with Crippen LogP contribution in [0.4, 0.5) is 5.69 Å². The molecule has 2 aliphatic heterocycles. The first kappa shape index (κ1) is 19.7. The molecule has 0 spiro atoms. The van der Waals surface area contributed by atoms with Gasteiger partial charge in [0.05, 0.1) is 5.69 Å². The zero-order valence-corrected chi connectivity index (χ0v) is 17.4. The Morgan fingerprint density at radius 3 is 2.77 bits per heavy atom. The lowest BCUT2D eigenvalue weighted by Crippen LogP contribution is -2.40. The molecule has 0 saturated carbocycles. The van der Waals surface area contributed by atoms with Crippen LogP contribution in [0.3, 0.4) is 0 Å². The van der Waals surface area contributed by atoms with Crippen LogP contribution in [0, 0.1) is 0 Å². The number of carbonyl (C=O) groups excluding carboxylic acids is 1. The smallest absolute Gasteiger partial charge is 0.262 e. The van der Waals surface area contributed by atoms with Gasteiger partial charge >= 0.3 is 0 Å². The maximum Gasteiger partial charge on any atom is 0.262 e. The van der Waals surface area contributed by atoms with Gasteiger partial charge < -0.3 is 19.5 Å². The van der Waals surface area contributed by atoms with Gasteiger partial charge in [-0.2, -0.15) is 0 Å². The number of anilines is 1. The van der Waals surface area contributed by atoms with E-state index in [0.29, 0.717) is 18.0 Å². The highest BCUT2D eigenvalue weighted by Crippen LogP contribution is 2.32. The lowest BCUT2D eigenvalue weighted by Gasteiger charge is -2.32. The first-order chi connectivity index (χ1) is 15.2. The van der Waals surface area contributed by atoms with Gasteiger partial charge in [-0.1, -0.05) is 36.4 Å². The number of piperidine rings is 1. The standard InChI is InChI=1S/C25H26N2O4/c28-25-17-30-24-9-8-20(16-22(24)26-25)31-19-10-12-27(13-11-19)14-15-29-23-7-3-5-18-4-1-2-6-21(18)23/h1-9,16,19H,10-15,17H2,(H,26,28). The Morgan fingerprint density at radius 2 is 1.87 bits per heavy atom. The largest absolute Gasteiger partial charge is 0.492 e. The molecule has 1 saturated heterocycles. The van der Waals surface area contributed by atoms with Gasteiger partial charge in [0.1, 0.15) is 30.0 Å². The van der Waals surface area contributed by atoms with Crippen molar-refractivity contribution in [1.29, 1.82) is 0 Å². The molecule has 0 aromatic heterocycles. The summed E-state index contributed by atoms with van der Waals surface area (Å²) in [7, 11) is 0. The predicted molar refractivity (Wildman–Crippen MR) is 120 cm³/mol. The molecule has 0 unspecified atom stereocenters. The molecule has 0 bridgehead atoms. The number of likely N-dealkylation sites (tertiary alicyclic amines) is 1. The molecule has 6 nitrogen and oxygen atoms in total. The average Bonchev–Trinajstić information content (AvgIpc) is 2.80. The Bertz CT molecular complexity index is 1070. The van der Waals surface area contributed by atoms with Crippen molar-refractivity contribution in [2.24, 2.45) is 0 Å². The molecule has 1 amide bonds. The van der Waals surface area contributed by atoms with Crippen molar-refractivity contribution >= 4 is 22.4 Å². The minimum Gasteiger partial charge on any atom is -0.492 e. The average molecular weight is 418 g/mol. The zero-order valence-electron chi connectivity index (χ0n) is 17.4. The Balaban J connectivity index is 1.09. The summed E-state index contributed by atoms with van der Waals surface area (Å²) in [5.74, 6) is 2.26. The van der Waals surface area contributed by atoms with E-state index in [2.05, 4.69) is 28.4 Å². The van der Waals surface area contributed by atoms with Gasteiger partial charge in [-0.25, -0.2) is 0 Å². The van der Waals surface area contributed by atoms with Crippen LogP contribution in [-0.2, 0) is 4.79 Å². The van der Waals surface area contributed by atoms with E-state index in [1.165, 1.54) is 5.39 Å².